The molecule has 1 aromatic heterocycles. The third-order valence-corrected chi connectivity index (χ3v) is 5.50. The number of thiocarbonyl (C=S) groups is 1. The Hall–Kier alpha value is -1.01. The Morgan fingerprint density at radius 1 is 1.35 bits per heavy atom. The monoisotopic (exact) mass is 308 g/mol. The molecular formula is C14H20N4S2. The van der Waals surface area contributed by atoms with E-state index in [2.05, 4.69) is 20.4 Å². The number of nitrogens with zero attached hydrogens (tertiary/aromatic N) is 3. The van der Waals surface area contributed by atoms with Crippen LogP contribution in [0.1, 0.15) is 37.6 Å². The summed E-state index contributed by atoms with van der Waals surface area (Å²) in [4.78, 5) is 6.56. The van der Waals surface area contributed by atoms with Crippen molar-refractivity contribution >= 4 is 34.4 Å². The van der Waals surface area contributed by atoms with Crippen molar-refractivity contribution in [2.24, 2.45) is 16.9 Å². The van der Waals surface area contributed by atoms with E-state index >= 15 is 0 Å². The highest BCUT2D eigenvalue weighted by Crippen LogP contribution is 2.33. The zero-order valence-corrected chi connectivity index (χ0v) is 13.3. The molecule has 1 aliphatic carbocycles. The van der Waals surface area contributed by atoms with Gasteiger partial charge in [-0.25, -0.2) is 4.98 Å². The molecule has 2 bridgehead atoms. The molecule has 3 fully saturated rings. The molecule has 1 N–H and O–H groups in total. The largest absolute Gasteiger partial charge is 0.347 e. The fourth-order valence-corrected chi connectivity index (χ4v) is 3.90. The van der Waals surface area contributed by atoms with Crippen molar-refractivity contribution in [2.75, 3.05) is 13.1 Å². The summed E-state index contributed by atoms with van der Waals surface area (Å²) >= 11 is 7.10. The summed E-state index contributed by atoms with van der Waals surface area (Å²) in [6, 6.07) is 0. The Morgan fingerprint density at radius 3 is 2.55 bits per heavy atom. The second-order valence-corrected chi connectivity index (χ2v) is 7.02. The Bertz CT molecular complexity index is 475. The second-order valence-electron chi connectivity index (χ2n) is 5.74. The maximum atomic E-state index is 5.51. The topological polar surface area (TPSA) is 40.5 Å². The first-order valence-electron chi connectivity index (χ1n) is 7.21. The van der Waals surface area contributed by atoms with Crippen LogP contribution < -0.4 is 5.43 Å². The number of thiazole rings is 1. The van der Waals surface area contributed by atoms with Crippen LogP contribution in [0.5, 0.6) is 0 Å². The number of fused-ring (bicyclic) bond motifs is 4. The number of nitrogens with one attached hydrogen (secondary N) is 1. The predicted molar refractivity (Wildman–Crippen MR) is 87.1 cm³/mol. The highest BCUT2D eigenvalue weighted by molar-refractivity contribution is 7.80. The van der Waals surface area contributed by atoms with E-state index in [-0.39, 0.29) is 0 Å². The minimum atomic E-state index is 0.764. The lowest BCUT2D eigenvalue weighted by molar-refractivity contribution is 0.326. The third-order valence-electron chi connectivity index (χ3n) is 4.27. The fourth-order valence-electron chi connectivity index (χ4n) is 3.11. The quantitative estimate of drug-likeness (QED) is 0.518. The van der Waals surface area contributed by atoms with Crippen LogP contribution in [0, 0.1) is 11.8 Å². The average molecular weight is 308 g/mol. The van der Waals surface area contributed by atoms with Gasteiger partial charge in [-0.1, -0.05) is 0 Å². The molecule has 1 saturated carbocycles. The maximum Gasteiger partial charge on any atom is 0.189 e. The zero-order chi connectivity index (χ0) is 13.9. The van der Waals surface area contributed by atoms with Crippen molar-refractivity contribution in [3.05, 3.63) is 16.6 Å². The average Bonchev–Trinajstić information content (AvgIpc) is 2.84. The molecule has 0 radical (unpaired) electrons. The molecule has 6 heteroatoms. The van der Waals surface area contributed by atoms with Gasteiger partial charge in [-0.2, -0.15) is 5.10 Å². The van der Waals surface area contributed by atoms with Crippen LogP contribution in [0.2, 0.25) is 0 Å². The van der Waals surface area contributed by atoms with Gasteiger partial charge in [0.2, 0.25) is 0 Å². The summed E-state index contributed by atoms with van der Waals surface area (Å²) in [6.45, 7) is 4.14. The van der Waals surface area contributed by atoms with Crippen molar-refractivity contribution in [1.82, 2.24) is 15.3 Å². The molecule has 0 atom stereocenters. The molecule has 3 heterocycles. The van der Waals surface area contributed by atoms with Crippen molar-refractivity contribution in [3.8, 4) is 0 Å². The number of hydrazone groups is 1. The van der Waals surface area contributed by atoms with Gasteiger partial charge in [0.25, 0.3) is 0 Å². The van der Waals surface area contributed by atoms with Gasteiger partial charge in [-0.3, -0.25) is 5.43 Å². The first-order valence-corrected chi connectivity index (χ1v) is 8.50. The standard InChI is InChI=1S/C14H20N4S2/c1-10(13-15-6-7-20-13)16-17-14(19)18-8-11-2-3-12(9-18)5-4-11/h6-7,11-12H,2-5,8-9H2,1H3,(H,17,19)/b16-10-. The molecule has 4 nitrogen and oxygen atoms in total. The van der Waals surface area contributed by atoms with E-state index in [0.29, 0.717) is 0 Å². The summed E-state index contributed by atoms with van der Waals surface area (Å²) in [5.74, 6) is 1.63. The van der Waals surface area contributed by atoms with E-state index in [0.717, 1.165) is 40.8 Å². The number of rotatable bonds is 2. The van der Waals surface area contributed by atoms with Crippen molar-refractivity contribution in [1.29, 1.82) is 0 Å². The Balaban J connectivity index is 1.60. The number of aromatic nitrogens is 1. The summed E-state index contributed by atoms with van der Waals surface area (Å²) in [5.41, 5.74) is 3.94. The van der Waals surface area contributed by atoms with Crippen molar-refractivity contribution in [2.45, 2.75) is 32.6 Å². The Labute approximate surface area is 129 Å². The Kier molecular flexibility index (Phi) is 4.31. The molecule has 3 aliphatic rings. The lowest BCUT2D eigenvalue weighted by Gasteiger charge is -2.24. The van der Waals surface area contributed by atoms with Crippen LogP contribution in [0.4, 0.5) is 0 Å². The SMILES string of the molecule is C/C(=N/NC(=S)N1CC2CCC(CC2)C1)c1nccs1. The van der Waals surface area contributed by atoms with Gasteiger partial charge < -0.3 is 4.90 Å². The van der Waals surface area contributed by atoms with Crippen molar-refractivity contribution < 1.29 is 0 Å². The molecule has 2 aliphatic heterocycles. The van der Waals surface area contributed by atoms with Gasteiger partial charge in [0.1, 0.15) is 5.01 Å². The first kappa shape index (κ1) is 13.9. The van der Waals surface area contributed by atoms with E-state index in [1.807, 2.05) is 12.3 Å². The van der Waals surface area contributed by atoms with Crippen LogP contribution >= 0.6 is 23.6 Å². The van der Waals surface area contributed by atoms with Crippen LogP contribution in [0.3, 0.4) is 0 Å². The lowest BCUT2D eigenvalue weighted by Crippen LogP contribution is -2.40. The Morgan fingerprint density at radius 2 is 2.00 bits per heavy atom. The van der Waals surface area contributed by atoms with Crippen LogP contribution in [0.25, 0.3) is 0 Å². The fraction of sp³-hybridized carbons (Fsp3) is 0.643. The van der Waals surface area contributed by atoms with Crippen LogP contribution in [0.15, 0.2) is 16.7 Å². The van der Waals surface area contributed by atoms with E-state index in [1.54, 1.807) is 17.5 Å². The minimum absolute atomic E-state index is 0.764. The molecule has 108 valence electrons. The van der Waals surface area contributed by atoms with Crippen molar-refractivity contribution in [3.63, 3.8) is 0 Å². The van der Waals surface area contributed by atoms with Gasteiger partial charge in [-0.15, -0.1) is 11.3 Å². The van der Waals surface area contributed by atoms with Crippen LogP contribution in [-0.2, 0) is 0 Å². The van der Waals surface area contributed by atoms with Gasteiger partial charge in [0.05, 0.1) is 5.71 Å². The van der Waals surface area contributed by atoms with E-state index < -0.39 is 0 Å². The highest BCUT2D eigenvalue weighted by atomic mass is 32.1. The van der Waals surface area contributed by atoms with Gasteiger partial charge in [-0.05, 0) is 56.7 Å². The molecule has 20 heavy (non-hydrogen) atoms. The summed E-state index contributed by atoms with van der Waals surface area (Å²) in [7, 11) is 0. The lowest BCUT2D eigenvalue weighted by atomic mass is 9.84. The third kappa shape index (κ3) is 3.17. The van der Waals surface area contributed by atoms with E-state index in [4.69, 9.17) is 12.2 Å². The number of hydrogen-bond donors (Lipinski definition) is 1. The van der Waals surface area contributed by atoms with E-state index in [1.165, 1.54) is 25.7 Å². The molecule has 0 spiro atoms. The predicted octanol–water partition coefficient (Wildman–Crippen LogP) is 2.86. The van der Waals surface area contributed by atoms with E-state index in [9.17, 15) is 0 Å². The smallest absolute Gasteiger partial charge is 0.189 e. The summed E-state index contributed by atoms with van der Waals surface area (Å²) in [6.07, 6.45) is 7.26. The van der Waals surface area contributed by atoms with Gasteiger partial charge >= 0.3 is 0 Å². The van der Waals surface area contributed by atoms with Gasteiger partial charge in [0.15, 0.2) is 5.11 Å². The molecule has 1 aromatic rings. The molecule has 0 amide bonds. The second kappa shape index (κ2) is 6.18. The minimum Gasteiger partial charge on any atom is -0.347 e. The van der Waals surface area contributed by atoms with Crippen LogP contribution in [-0.4, -0.2) is 33.8 Å². The normalized spacial score (nSPS) is 26.4. The highest BCUT2D eigenvalue weighted by Gasteiger charge is 2.30. The molecular weight excluding hydrogens is 288 g/mol. The van der Waals surface area contributed by atoms with Gasteiger partial charge in [0, 0.05) is 24.7 Å². The molecule has 0 unspecified atom stereocenters. The first-order chi connectivity index (χ1) is 9.72. The number of hydrogen-bond acceptors (Lipinski definition) is 4. The summed E-state index contributed by atoms with van der Waals surface area (Å²) < 4.78 is 0. The maximum absolute atomic E-state index is 5.51. The molecule has 0 aromatic carbocycles. The molecule has 4 rings (SSSR count). The molecule has 2 saturated heterocycles. The summed E-state index contributed by atoms with van der Waals surface area (Å²) in [5, 5.41) is 8.04. The zero-order valence-electron chi connectivity index (χ0n) is 11.7.